The van der Waals surface area contributed by atoms with Gasteiger partial charge in [0.2, 0.25) is 0 Å². The van der Waals surface area contributed by atoms with Crippen LogP contribution in [0.4, 0.5) is 10.1 Å². The van der Waals surface area contributed by atoms with E-state index in [9.17, 15) is 4.39 Å². The van der Waals surface area contributed by atoms with Crippen LogP contribution in [0.15, 0.2) is 115 Å². The van der Waals surface area contributed by atoms with Crippen LogP contribution in [0, 0.1) is 11.7 Å². The van der Waals surface area contributed by atoms with Crippen molar-refractivity contribution in [1.29, 1.82) is 0 Å². The molecule has 5 atom stereocenters. The number of likely N-dealkylation sites (tertiary alicyclic amines) is 1. The van der Waals surface area contributed by atoms with Crippen LogP contribution >= 0.6 is 0 Å². The Labute approximate surface area is 261 Å². The summed E-state index contributed by atoms with van der Waals surface area (Å²) in [5.74, 6) is 0.269. The van der Waals surface area contributed by atoms with Crippen LogP contribution in [-0.4, -0.2) is 55.4 Å². The third-order valence-electron chi connectivity index (χ3n) is 9.01. The number of halogens is 1. The molecule has 0 spiro atoms. The van der Waals surface area contributed by atoms with E-state index in [2.05, 4.69) is 53.1 Å². The average molecular weight is 595 g/mol. The first-order chi connectivity index (χ1) is 21.6. The van der Waals surface area contributed by atoms with E-state index in [1.54, 1.807) is 12.1 Å². The lowest BCUT2D eigenvalue weighted by atomic mass is 9.92. The minimum atomic E-state index is -0.243. The van der Waals surface area contributed by atoms with Gasteiger partial charge in [-0.3, -0.25) is 4.90 Å². The Morgan fingerprint density at radius 1 is 0.636 bits per heavy atom. The molecular formula is C38H43FN2O3. The molecule has 2 aliphatic rings. The predicted octanol–water partition coefficient (Wildman–Crippen LogP) is 7.11. The predicted molar refractivity (Wildman–Crippen MR) is 173 cm³/mol. The third kappa shape index (κ3) is 7.74. The average Bonchev–Trinajstić information content (AvgIpc) is 3.53. The van der Waals surface area contributed by atoms with Crippen molar-refractivity contribution in [2.75, 3.05) is 31.1 Å². The lowest BCUT2D eigenvalue weighted by Crippen LogP contribution is -2.63. The molecule has 0 N–H and O–H groups in total. The third-order valence-corrected chi connectivity index (χ3v) is 9.01. The van der Waals surface area contributed by atoms with Gasteiger partial charge in [-0.05, 0) is 48.1 Å². The van der Waals surface area contributed by atoms with Crippen molar-refractivity contribution >= 4 is 5.69 Å². The quantitative estimate of drug-likeness (QED) is 0.175. The van der Waals surface area contributed by atoms with Gasteiger partial charge in [0.25, 0.3) is 0 Å². The number of hydrogen-bond donors (Lipinski definition) is 0. The van der Waals surface area contributed by atoms with Gasteiger partial charge in [-0.2, -0.15) is 0 Å². The molecule has 6 heteroatoms. The molecule has 4 aromatic carbocycles. The second-order valence-corrected chi connectivity index (χ2v) is 12.1. The minimum absolute atomic E-state index is 0.110. The van der Waals surface area contributed by atoms with Crippen molar-refractivity contribution in [3.63, 3.8) is 0 Å². The van der Waals surface area contributed by atoms with E-state index in [1.165, 1.54) is 0 Å². The van der Waals surface area contributed by atoms with Gasteiger partial charge in [0.1, 0.15) is 18.0 Å². The van der Waals surface area contributed by atoms with Crippen LogP contribution < -0.4 is 4.90 Å². The number of ether oxygens (including phenoxy) is 3. The first-order valence-corrected chi connectivity index (χ1v) is 15.8. The maximum atomic E-state index is 14.6. The molecule has 2 aliphatic heterocycles. The van der Waals surface area contributed by atoms with E-state index in [-0.39, 0.29) is 30.2 Å². The number of anilines is 1. The molecule has 0 aliphatic carbocycles. The number of benzene rings is 4. The minimum Gasteiger partial charge on any atom is -0.369 e. The van der Waals surface area contributed by atoms with Crippen molar-refractivity contribution in [2.45, 2.75) is 57.5 Å². The van der Waals surface area contributed by atoms with Gasteiger partial charge >= 0.3 is 0 Å². The molecular weight excluding hydrogens is 551 g/mol. The molecule has 2 fully saturated rings. The Morgan fingerprint density at radius 3 is 1.75 bits per heavy atom. The van der Waals surface area contributed by atoms with Gasteiger partial charge in [-0.25, -0.2) is 4.39 Å². The van der Waals surface area contributed by atoms with Gasteiger partial charge in [0, 0.05) is 32.2 Å². The van der Waals surface area contributed by atoms with Crippen LogP contribution in [0.3, 0.4) is 0 Å². The van der Waals surface area contributed by atoms with Crippen LogP contribution in [0.2, 0.25) is 0 Å². The molecule has 0 bridgehead atoms. The van der Waals surface area contributed by atoms with Crippen LogP contribution in [0.5, 0.6) is 0 Å². The van der Waals surface area contributed by atoms with Crippen LogP contribution in [0.25, 0.3) is 0 Å². The molecule has 2 heterocycles. The fourth-order valence-electron chi connectivity index (χ4n) is 6.57. The van der Waals surface area contributed by atoms with Gasteiger partial charge in [0.15, 0.2) is 0 Å². The number of nitrogens with zero attached hydrogens (tertiary/aromatic N) is 2. The van der Waals surface area contributed by atoms with Crippen molar-refractivity contribution in [3.05, 3.63) is 138 Å². The maximum Gasteiger partial charge on any atom is 0.146 e. The topological polar surface area (TPSA) is 34.2 Å². The standard InChI is InChI=1S/C38H43FN2O3/c1-29-37(43-27-31-15-7-3-8-16-31)38(44-28-32-17-9-4-10-18-32)36(42-26-30-13-5-2-6-14-30)25-41(29)24-33-21-22-40(23-33)35-20-12-11-19-34(35)39/h2-20,29,33,36-38H,21-28H2,1H3/t29-,33+,36+,37-,38-/m1/s1. The largest absolute Gasteiger partial charge is 0.369 e. The van der Waals surface area contributed by atoms with Gasteiger partial charge in [-0.1, -0.05) is 103 Å². The lowest BCUT2D eigenvalue weighted by molar-refractivity contribution is -0.201. The highest BCUT2D eigenvalue weighted by Crippen LogP contribution is 2.32. The zero-order valence-corrected chi connectivity index (χ0v) is 25.5. The van der Waals surface area contributed by atoms with Gasteiger partial charge in [0.05, 0.1) is 31.6 Å². The smallest absolute Gasteiger partial charge is 0.146 e. The van der Waals surface area contributed by atoms with Crippen LogP contribution in [0.1, 0.15) is 30.0 Å². The summed E-state index contributed by atoms with van der Waals surface area (Å²) in [5, 5.41) is 0. The van der Waals surface area contributed by atoms with Crippen molar-refractivity contribution in [3.8, 4) is 0 Å². The second-order valence-electron chi connectivity index (χ2n) is 12.1. The van der Waals surface area contributed by atoms with E-state index in [0.717, 1.165) is 49.3 Å². The molecule has 0 radical (unpaired) electrons. The molecule has 44 heavy (non-hydrogen) atoms. The Morgan fingerprint density at radius 2 is 1.16 bits per heavy atom. The Bertz CT molecular complexity index is 1420. The number of rotatable bonds is 12. The Kier molecular flexibility index (Phi) is 10.4. The summed E-state index contributed by atoms with van der Waals surface area (Å²) in [7, 11) is 0. The van der Waals surface area contributed by atoms with Crippen molar-refractivity contribution in [1.82, 2.24) is 4.90 Å². The fraction of sp³-hybridized carbons (Fsp3) is 0.368. The van der Waals surface area contributed by atoms with E-state index >= 15 is 0 Å². The lowest BCUT2D eigenvalue weighted by Gasteiger charge is -2.48. The molecule has 5 nitrogen and oxygen atoms in total. The highest BCUT2D eigenvalue weighted by molar-refractivity contribution is 5.48. The zero-order valence-electron chi connectivity index (χ0n) is 25.5. The molecule has 230 valence electrons. The molecule has 0 unspecified atom stereocenters. The molecule has 2 saturated heterocycles. The summed E-state index contributed by atoms with van der Waals surface area (Å²) in [6, 6.07) is 38.2. The van der Waals surface area contributed by atoms with E-state index in [0.29, 0.717) is 31.4 Å². The Balaban J connectivity index is 1.22. The number of piperidine rings is 1. The molecule has 0 saturated carbocycles. The van der Waals surface area contributed by atoms with Crippen LogP contribution in [-0.2, 0) is 34.0 Å². The molecule has 0 aromatic heterocycles. The van der Waals surface area contributed by atoms with Gasteiger partial charge in [-0.15, -0.1) is 0 Å². The number of para-hydroxylation sites is 1. The first kappa shape index (κ1) is 30.5. The van der Waals surface area contributed by atoms with E-state index < -0.39 is 0 Å². The number of hydrogen-bond acceptors (Lipinski definition) is 5. The van der Waals surface area contributed by atoms with Crippen molar-refractivity contribution < 1.29 is 18.6 Å². The molecule has 4 aromatic rings. The summed E-state index contributed by atoms with van der Waals surface area (Å²) in [5.41, 5.74) is 4.10. The van der Waals surface area contributed by atoms with Crippen molar-refractivity contribution in [2.24, 2.45) is 5.92 Å². The monoisotopic (exact) mass is 594 g/mol. The summed E-state index contributed by atoms with van der Waals surface area (Å²) < 4.78 is 34.8. The second kappa shape index (κ2) is 15.0. The summed E-state index contributed by atoms with van der Waals surface area (Å²) in [6.07, 6.45) is 0.404. The maximum absolute atomic E-state index is 14.6. The molecule has 0 amide bonds. The van der Waals surface area contributed by atoms with E-state index in [1.807, 2.05) is 66.7 Å². The summed E-state index contributed by atoms with van der Waals surface area (Å²) in [6.45, 7) is 7.10. The zero-order chi connectivity index (χ0) is 30.1. The SMILES string of the molecule is C[C@@H]1[C@@H](OCc2ccccc2)[C@H](OCc2ccccc2)[C@@H](OCc2ccccc2)CN1C[C@H]1CCN(c2ccccc2F)C1. The molecule has 6 rings (SSSR count). The summed E-state index contributed by atoms with van der Waals surface area (Å²) >= 11 is 0. The summed E-state index contributed by atoms with van der Waals surface area (Å²) in [4.78, 5) is 4.70. The normalized spacial score (nSPS) is 24.0. The fourth-order valence-corrected chi connectivity index (χ4v) is 6.57. The van der Waals surface area contributed by atoms with E-state index in [4.69, 9.17) is 14.2 Å². The first-order valence-electron chi connectivity index (χ1n) is 15.8. The Hall–Kier alpha value is -3.55. The highest BCUT2D eigenvalue weighted by atomic mass is 19.1. The highest BCUT2D eigenvalue weighted by Gasteiger charge is 2.45. The van der Waals surface area contributed by atoms with Gasteiger partial charge < -0.3 is 19.1 Å².